The van der Waals surface area contributed by atoms with Crippen molar-refractivity contribution in [3.8, 4) is 12.8 Å². The first-order valence-corrected chi connectivity index (χ1v) is 5.89. The van der Waals surface area contributed by atoms with Crippen LogP contribution in [0.4, 0.5) is 0 Å². The maximum Gasteiger partial charge on any atom is 0.218 e. The first kappa shape index (κ1) is 13.2. The van der Waals surface area contributed by atoms with E-state index in [1.807, 2.05) is 0 Å². The Balaban J connectivity index is 0.000000236. The molecule has 1 amide bonds. The minimum absolute atomic E-state index is 0.250. The van der Waals surface area contributed by atoms with Crippen molar-refractivity contribution in [2.45, 2.75) is 37.9 Å². The van der Waals surface area contributed by atoms with Crippen LogP contribution >= 0.6 is 0 Å². The summed E-state index contributed by atoms with van der Waals surface area (Å²) >= 11 is 0. The van der Waals surface area contributed by atoms with Crippen LogP contribution in [0.1, 0.15) is 32.6 Å². The smallest absolute Gasteiger partial charge is 0.218 e. The van der Waals surface area contributed by atoms with Crippen LogP contribution in [0.3, 0.4) is 0 Å². The zero-order valence-electron chi connectivity index (χ0n) is 8.44. The monoisotopic (exact) mass is 215 g/mol. The molecule has 2 fully saturated rings. The molecule has 2 aliphatic rings. The number of hydrogen-bond donors (Lipinski definition) is 1. The van der Waals surface area contributed by atoms with E-state index in [2.05, 4.69) is 24.5 Å². The number of terminal acetylenes is 1. The standard InChI is InChI=1S/C4H7NO2S.C4H8.C2H2/c6-3-5-8(7)4-1-2-4;1-4-2-3-4;1-2/h3-4H,1-2H2,(H,5,6);4H,2-3H2,1H3;1-2H. The molecule has 80 valence electrons. The molecule has 2 saturated carbocycles. The summed E-state index contributed by atoms with van der Waals surface area (Å²) in [4.78, 5) is 9.64. The van der Waals surface area contributed by atoms with E-state index >= 15 is 0 Å². The molecular weight excluding hydrogens is 198 g/mol. The number of amides is 1. The highest BCUT2D eigenvalue weighted by Crippen LogP contribution is 2.26. The molecule has 0 aromatic rings. The fraction of sp³-hybridized carbons (Fsp3) is 0.700. The first-order chi connectivity index (χ1) is 6.74. The third-order valence-electron chi connectivity index (χ3n) is 1.86. The van der Waals surface area contributed by atoms with Crippen LogP contribution in [-0.2, 0) is 15.8 Å². The lowest BCUT2D eigenvalue weighted by molar-refractivity contribution is -0.108. The Morgan fingerprint density at radius 2 is 1.71 bits per heavy atom. The number of rotatable bonds is 3. The third kappa shape index (κ3) is 7.81. The Morgan fingerprint density at radius 1 is 1.29 bits per heavy atom. The van der Waals surface area contributed by atoms with Crippen LogP contribution in [-0.4, -0.2) is 15.9 Å². The highest BCUT2D eigenvalue weighted by molar-refractivity contribution is 7.84. The molecule has 4 heteroatoms. The molecule has 2 aliphatic carbocycles. The van der Waals surface area contributed by atoms with Crippen molar-refractivity contribution < 1.29 is 9.00 Å². The SMILES string of the molecule is C#C.CC1CC1.O=CNS(=O)C1CC1. The summed E-state index contributed by atoms with van der Waals surface area (Å²) in [5, 5.41) is 0.250. The van der Waals surface area contributed by atoms with Gasteiger partial charge >= 0.3 is 0 Å². The van der Waals surface area contributed by atoms with Gasteiger partial charge in [-0.2, -0.15) is 0 Å². The van der Waals surface area contributed by atoms with Gasteiger partial charge < -0.3 is 0 Å². The van der Waals surface area contributed by atoms with E-state index < -0.39 is 11.0 Å². The van der Waals surface area contributed by atoms with Crippen molar-refractivity contribution in [2.75, 3.05) is 0 Å². The van der Waals surface area contributed by atoms with E-state index in [1.54, 1.807) is 0 Å². The van der Waals surface area contributed by atoms with Crippen molar-refractivity contribution in [1.82, 2.24) is 4.72 Å². The van der Waals surface area contributed by atoms with Gasteiger partial charge in [0.25, 0.3) is 0 Å². The first-order valence-electron chi connectivity index (χ1n) is 4.67. The molecule has 0 aliphatic heterocycles. The third-order valence-corrected chi connectivity index (χ3v) is 3.26. The van der Waals surface area contributed by atoms with Gasteiger partial charge in [-0.05, 0) is 18.8 Å². The lowest BCUT2D eigenvalue weighted by Crippen LogP contribution is -2.17. The maximum atomic E-state index is 10.6. The fourth-order valence-corrected chi connectivity index (χ4v) is 1.44. The second kappa shape index (κ2) is 7.57. The molecule has 0 spiro atoms. The normalized spacial score (nSPS) is 20.2. The van der Waals surface area contributed by atoms with Crippen LogP contribution < -0.4 is 4.72 Å². The molecule has 0 aromatic carbocycles. The Hall–Kier alpha value is -0.820. The Bertz CT molecular complexity index is 207. The van der Waals surface area contributed by atoms with Crippen molar-refractivity contribution in [3.63, 3.8) is 0 Å². The number of carbonyl (C=O) groups is 1. The molecular formula is C10H17NO2S. The Labute approximate surface area is 88.2 Å². The highest BCUT2D eigenvalue weighted by atomic mass is 32.2. The number of hydrogen-bond acceptors (Lipinski definition) is 2. The Kier molecular flexibility index (Phi) is 7.13. The summed E-state index contributed by atoms with van der Waals surface area (Å²) in [5.41, 5.74) is 0. The maximum absolute atomic E-state index is 10.6. The molecule has 14 heavy (non-hydrogen) atoms. The van der Waals surface area contributed by atoms with Crippen molar-refractivity contribution in [2.24, 2.45) is 5.92 Å². The largest absolute Gasteiger partial charge is 0.278 e. The fourth-order valence-electron chi connectivity index (χ4n) is 0.592. The van der Waals surface area contributed by atoms with Gasteiger partial charge in [0, 0.05) is 0 Å². The summed E-state index contributed by atoms with van der Waals surface area (Å²) in [6, 6.07) is 0. The second-order valence-corrected chi connectivity index (χ2v) is 4.91. The van der Waals surface area contributed by atoms with E-state index in [0.29, 0.717) is 6.41 Å². The van der Waals surface area contributed by atoms with Gasteiger partial charge in [-0.1, -0.05) is 19.8 Å². The highest BCUT2D eigenvalue weighted by Gasteiger charge is 2.27. The summed E-state index contributed by atoms with van der Waals surface area (Å²) in [7, 11) is -1.08. The lowest BCUT2D eigenvalue weighted by atomic mass is 10.5. The number of nitrogens with one attached hydrogen (secondary N) is 1. The molecule has 0 bridgehead atoms. The molecule has 2 rings (SSSR count). The molecule has 1 N–H and O–H groups in total. The van der Waals surface area contributed by atoms with E-state index in [9.17, 15) is 9.00 Å². The second-order valence-electron chi connectivity index (χ2n) is 3.41. The molecule has 0 radical (unpaired) electrons. The molecule has 1 atom stereocenters. The summed E-state index contributed by atoms with van der Waals surface area (Å²) in [6.07, 6.45) is 13.4. The van der Waals surface area contributed by atoms with Crippen molar-refractivity contribution in [1.29, 1.82) is 0 Å². The average molecular weight is 215 g/mol. The van der Waals surface area contributed by atoms with Crippen LogP contribution in [0.2, 0.25) is 0 Å². The van der Waals surface area contributed by atoms with Gasteiger partial charge in [0.2, 0.25) is 6.41 Å². The van der Waals surface area contributed by atoms with Crippen LogP contribution in [0.15, 0.2) is 0 Å². The number of carbonyl (C=O) groups excluding carboxylic acids is 1. The minimum atomic E-state index is -1.08. The van der Waals surface area contributed by atoms with Gasteiger partial charge in [-0.15, -0.1) is 12.8 Å². The predicted octanol–water partition coefficient (Wildman–Crippen LogP) is 1.22. The molecule has 1 unspecified atom stereocenters. The van der Waals surface area contributed by atoms with Gasteiger partial charge in [0.05, 0.1) is 5.25 Å². The predicted molar refractivity (Wildman–Crippen MR) is 58.7 cm³/mol. The summed E-state index contributed by atoms with van der Waals surface area (Å²) in [6.45, 7) is 2.28. The summed E-state index contributed by atoms with van der Waals surface area (Å²) < 4.78 is 12.8. The zero-order valence-corrected chi connectivity index (χ0v) is 9.26. The van der Waals surface area contributed by atoms with E-state index in [1.165, 1.54) is 12.8 Å². The van der Waals surface area contributed by atoms with Gasteiger partial charge in [-0.25, -0.2) is 4.21 Å². The average Bonchev–Trinajstić information content (AvgIpc) is 3.03. The van der Waals surface area contributed by atoms with E-state index in [-0.39, 0.29) is 5.25 Å². The van der Waals surface area contributed by atoms with Gasteiger partial charge in [0.1, 0.15) is 11.0 Å². The molecule has 0 aromatic heterocycles. The van der Waals surface area contributed by atoms with Crippen LogP contribution in [0.25, 0.3) is 0 Å². The van der Waals surface area contributed by atoms with E-state index in [4.69, 9.17) is 0 Å². The quantitative estimate of drug-likeness (QED) is 0.568. The lowest BCUT2D eigenvalue weighted by Gasteiger charge is -1.90. The van der Waals surface area contributed by atoms with Gasteiger partial charge in [0.15, 0.2) is 0 Å². The molecule has 3 nitrogen and oxygen atoms in total. The zero-order chi connectivity index (χ0) is 11.0. The minimum Gasteiger partial charge on any atom is -0.278 e. The topological polar surface area (TPSA) is 46.2 Å². The Morgan fingerprint density at radius 3 is 1.93 bits per heavy atom. The molecule has 0 saturated heterocycles. The van der Waals surface area contributed by atoms with Gasteiger partial charge in [-0.3, -0.25) is 9.52 Å². The van der Waals surface area contributed by atoms with Crippen molar-refractivity contribution in [3.05, 3.63) is 0 Å². The molecule has 0 heterocycles. The van der Waals surface area contributed by atoms with Crippen LogP contribution in [0, 0.1) is 18.8 Å². The van der Waals surface area contributed by atoms with Crippen LogP contribution in [0.5, 0.6) is 0 Å². The van der Waals surface area contributed by atoms with Crippen molar-refractivity contribution >= 4 is 17.4 Å². The summed E-state index contributed by atoms with van der Waals surface area (Å²) in [5.74, 6) is 1.08. The van der Waals surface area contributed by atoms with E-state index in [0.717, 1.165) is 18.8 Å².